The molecule has 0 bridgehead atoms. The lowest BCUT2D eigenvalue weighted by Gasteiger charge is -2.25. The fourth-order valence-corrected chi connectivity index (χ4v) is 1.61. The van der Waals surface area contributed by atoms with E-state index in [4.69, 9.17) is 5.73 Å². The van der Waals surface area contributed by atoms with Crippen LogP contribution in [0.3, 0.4) is 0 Å². The SMILES string of the molecule is Cc1ccc(C(=O)N(CC(N)=O)C(C)C)c(F)c1. The van der Waals surface area contributed by atoms with Crippen LogP contribution in [0.4, 0.5) is 4.39 Å². The number of nitrogens with zero attached hydrogens (tertiary/aromatic N) is 1. The first-order chi connectivity index (χ1) is 8.32. The van der Waals surface area contributed by atoms with Gasteiger partial charge in [0.2, 0.25) is 5.91 Å². The van der Waals surface area contributed by atoms with Crippen LogP contribution in [-0.2, 0) is 4.79 Å². The third-order valence-electron chi connectivity index (χ3n) is 2.57. The lowest BCUT2D eigenvalue weighted by atomic mass is 10.1. The highest BCUT2D eigenvalue weighted by Gasteiger charge is 2.22. The molecule has 0 heterocycles. The van der Waals surface area contributed by atoms with Crippen LogP contribution in [0.1, 0.15) is 29.8 Å². The second kappa shape index (κ2) is 5.62. The largest absolute Gasteiger partial charge is 0.368 e. The Balaban J connectivity index is 3.05. The van der Waals surface area contributed by atoms with E-state index in [0.717, 1.165) is 5.56 Å². The van der Waals surface area contributed by atoms with Crippen LogP contribution in [0.15, 0.2) is 18.2 Å². The Morgan fingerprint density at radius 1 is 1.39 bits per heavy atom. The fraction of sp³-hybridized carbons (Fsp3) is 0.385. The monoisotopic (exact) mass is 252 g/mol. The molecule has 0 saturated carbocycles. The van der Waals surface area contributed by atoms with Gasteiger partial charge in [0.1, 0.15) is 5.82 Å². The van der Waals surface area contributed by atoms with Gasteiger partial charge in [-0.3, -0.25) is 9.59 Å². The van der Waals surface area contributed by atoms with Crippen LogP contribution in [0.2, 0.25) is 0 Å². The topological polar surface area (TPSA) is 63.4 Å². The van der Waals surface area contributed by atoms with Gasteiger partial charge in [-0.05, 0) is 38.5 Å². The molecule has 0 aliphatic rings. The van der Waals surface area contributed by atoms with E-state index in [1.807, 2.05) is 0 Å². The molecule has 98 valence electrons. The summed E-state index contributed by atoms with van der Waals surface area (Å²) in [6.07, 6.45) is 0. The van der Waals surface area contributed by atoms with Crippen molar-refractivity contribution >= 4 is 11.8 Å². The number of carbonyl (C=O) groups is 2. The number of hydrogen-bond acceptors (Lipinski definition) is 2. The Labute approximate surface area is 106 Å². The van der Waals surface area contributed by atoms with Gasteiger partial charge in [0.05, 0.1) is 12.1 Å². The maximum atomic E-state index is 13.7. The van der Waals surface area contributed by atoms with Gasteiger partial charge in [-0.1, -0.05) is 6.07 Å². The standard InChI is InChI=1S/C13H17FN2O2/c1-8(2)16(7-12(15)17)13(18)10-5-4-9(3)6-11(10)14/h4-6,8H,7H2,1-3H3,(H2,15,17). The molecule has 2 amide bonds. The maximum absolute atomic E-state index is 13.7. The molecule has 0 aromatic heterocycles. The molecular weight excluding hydrogens is 235 g/mol. The van der Waals surface area contributed by atoms with Crippen LogP contribution in [0, 0.1) is 12.7 Å². The number of aryl methyl sites for hydroxylation is 1. The highest BCUT2D eigenvalue weighted by atomic mass is 19.1. The molecule has 5 heteroatoms. The third-order valence-corrected chi connectivity index (χ3v) is 2.57. The van der Waals surface area contributed by atoms with Crippen LogP contribution in [-0.4, -0.2) is 29.3 Å². The van der Waals surface area contributed by atoms with E-state index in [9.17, 15) is 14.0 Å². The summed E-state index contributed by atoms with van der Waals surface area (Å²) in [5.41, 5.74) is 5.77. The third kappa shape index (κ3) is 3.29. The van der Waals surface area contributed by atoms with Gasteiger partial charge in [-0.2, -0.15) is 0 Å². The van der Waals surface area contributed by atoms with Crippen molar-refractivity contribution in [1.29, 1.82) is 0 Å². The molecule has 0 saturated heterocycles. The average molecular weight is 252 g/mol. The second-order valence-corrected chi connectivity index (χ2v) is 4.48. The molecule has 1 aromatic carbocycles. The number of amides is 2. The van der Waals surface area contributed by atoms with Crippen molar-refractivity contribution in [3.05, 3.63) is 35.1 Å². The van der Waals surface area contributed by atoms with Gasteiger partial charge in [0.15, 0.2) is 0 Å². The fourth-order valence-electron chi connectivity index (χ4n) is 1.61. The molecule has 0 radical (unpaired) electrons. The summed E-state index contributed by atoms with van der Waals surface area (Å²) in [5, 5.41) is 0. The summed E-state index contributed by atoms with van der Waals surface area (Å²) in [5.74, 6) is -1.74. The van der Waals surface area contributed by atoms with Gasteiger partial charge in [0.25, 0.3) is 5.91 Å². The van der Waals surface area contributed by atoms with Crippen molar-refractivity contribution in [2.45, 2.75) is 26.8 Å². The Morgan fingerprint density at radius 3 is 2.44 bits per heavy atom. The van der Waals surface area contributed by atoms with E-state index >= 15 is 0 Å². The number of rotatable bonds is 4. The van der Waals surface area contributed by atoms with E-state index < -0.39 is 17.6 Å². The van der Waals surface area contributed by atoms with Crippen LogP contribution >= 0.6 is 0 Å². The Kier molecular flexibility index (Phi) is 4.42. The summed E-state index contributed by atoms with van der Waals surface area (Å²) in [6, 6.07) is 4.13. The minimum atomic E-state index is -0.621. The molecule has 1 rings (SSSR count). The zero-order chi connectivity index (χ0) is 13.9. The number of nitrogens with two attached hydrogens (primary N) is 1. The normalized spacial score (nSPS) is 10.5. The van der Waals surface area contributed by atoms with Gasteiger partial charge in [-0.25, -0.2) is 4.39 Å². The van der Waals surface area contributed by atoms with E-state index in [1.165, 1.54) is 17.0 Å². The molecule has 0 aliphatic carbocycles. The van der Waals surface area contributed by atoms with Crippen molar-refractivity contribution in [2.24, 2.45) is 5.73 Å². The van der Waals surface area contributed by atoms with Crippen molar-refractivity contribution < 1.29 is 14.0 Å². The van der Waals surface area contributed by atoms with E-state index in [2.05, 4.69) is 0 Å². The zero-order valence-corrected chi connectivity index (χ0v) is 10.7. The number of benzene rings is 1. The van der Waals surface area contributed by atoms with Crippen molar-refractivity contribution in [2.75, 3.05) is 6.54 Å². The first kappa shape index (κ1) is 14.2. The molecule has 0 unspecified atom stereocenters. The zero-order valence-electron chi connectivity index (χ0n) is 10.7. The van der Waals surface area contributed by atoms with Crippen molar-refractivity contribution in [1.82, 2.24) is 4.90 Å². The molecule has 0 aliphatic heterocycles. The van der Waals surface area contributed by atoms with E-state index in [-0.39, 0.29) is 18.2 Å². The van der Waals surface area contributed by atoms with Crippen molar-refractivity contribution in [3.8, 4) is 0 Å². The average Bonchev–Trinajstić information content (AvgIpc) is 2.24. The number of hydrogen-bond donors (Lipinski definition) is 1. The Hall–Kier alpha value is -1.91. The summed E-state index contributed by atoms with van der Waals surface area (Å²) in [7, 11) is 0. The van der Waals surface area contributed by atoms with Crippen LogP contribution in [0.5, 0.6) is 0 Å². The molecule has 4 nitrogen and oxygen atoms in total. The van der Waals surface area contributed by atoms with Crippen LogP contribution in [0.25, 0.3) is 0 Å². The minimum Gasteiger partial charge on any atom is -0.368 e. The number of halogens is 1. The number of primary amides is 1. The van der Waals surface area contributed by atoms with E-state index in [0.29, 0.717) is 0 Å². The molecule has 2 N–H and O–H groups in total. The predicted molar refractivity (Wildman–Crippen MR) is 66.5 cm³/mol. The number of carbonyl (C=O) groups excluding carboxylic acids is 2. The summed E-state index contributed by atoms with van der Waals surface area (Å²) in [6.45, 7) is 5.00. The lowest BCUT2D eigenvalue weighted by molar-refractivity contribution is -0.119. The maximum Gasteiger partial charge on any atom is 0.257 e. The molecule has 0 spiro atoms. The Morgan fingerprint density at radius 2 is 2.00 bits per heavy atom. The highest BCUT2D eigenvalue weighted by molar-refractivity contribution is 5.96. The summed E-state index contributed by atoms with van der Waals surface area (Å²) in [4.78, 5) is 24.3. The molecule has 0 fully saturated rings. The predicted octanol–water partition coefficient (Wildman–Crippen LogP) is 1.47. The molecule has 1 aromatic rings. The smallest absolute Gasteiger partial charge is 0.257 e. The van der Waals surface area contributed by atoms with Gasteiger partial charge in [0, 0.05) is 6.04 Å². The molecular formula is C13H17FN2O2. The van der Waals surface area contributed by atoms with Crippen molar-refractivity contribution in [3.63, 3.8) is 0 Å². The second-order valence-electron chi connectivity index (χ2n) is 4.48. The van der Waals surface area contributed by atoms with Gasteiger partial charge >= 0.3 is 0 Å². The van der Waals surface area contributed by atoms with Crippen LogP contribution < -0.4 is 5.73 Å². The quantitative estimate of drug-likeness (QED) is 0.882. The molecule has 0 atom stereocenters. The highest BCUT2D eigenvalue weighted by Crippen LogP contribution is 2.14. The molecule has 18 heavy (non-hydrogen) atoms. The first-order valence-electron chi connectivity index (χ1n) is 5.68. The summed E-state index contributed by atoms with van der Waals surface area (Å²) < 4.78 is 13.7. The lowest BCUT2D eigenvalue weighted by Crippen LogP contribution is -2.43. The minimum absolute atomic E-state index is 0.0458. The Bertz CT molecular complexity index is 472. The summed E-state index contributed by atoms with van der Waals surface area (Å²) >= 11 is 0. The van der Waals surface area contributed by atoms with Gasteiger partial charge in [-0.15, -0.1) is 0 Å². The van der Waals surface area contributed by atoms with Gasteiger partial charge < -0.3 is 10.6 Å². The first-order valence-corrected chi connectivity index (χ1v) is 5.68. The van der Waals surface area contributed by atoms with E-state index in [1.54, 1.807) is 26.8 Å².